The van der Waals surface area contributed by atoms with Crippen molar-refractivity contribution in [3.05, 3.63) is 96.6 Å². The number of amides is 2. The largest absolute Gasteiger partial charge is 0.347 e. The van der Waals surface area contributed by atoms with E-state index in [4.69, 9.17) is 0 Å². The quantitative estimate of drug-likeness (QED) is 0.544. The topological polar surface area (TPSA) is 58.2 Å². The van der Waals surface area contributed by atoms with Crippen molar-refractivity contribution in [1.82, 2.24) is 10.6 Å². The summed E-state index contributed by atoms with van der Waals surface area (Å²) in [5.41, 5.74) is 1.79. The van der Waals surface area contributed by atoms with E-state index in [1.54, 1.807) is 6.08 Å². The molecule has 0 saturated carbocycles. The van der Waals surface area contributed by atoms with Gasteiger partial charge in [-0.1, -0.05) is 78.9 Å². The monoisotopic (exact) mass is 386 g/mol. The first kappa shape index (κ1) is 20.3. The molecule has 0 saturated heterocycles. The maximum absolute atomic E-state index is 13.1. The minimum absolute atomic E-state index is 0.174. The fourth-order valence-electron chi connectivity index (χ4n) is 3.41. The number of fused-ring (bicyclic) bond motifs is 1. The second-order valence-corrected chi connectivity index (χ2v) is 7.04. The van der Waals surface area contributed by atoms with Crippen molar-refractivity contribution in [1.29, 1.82) is 0 Å². The molecule has 0 aliphatic rings. The van der Waals surface area contributed by atoms with Gasteiger partial charge in [0.2, 0.25) is 11.8 Å². The lowest BCUT2D eigenvalue weighted by Crippen LogP contribution is -2.41. The number of allylic oxidation sites excluding steroid dienone is 1. The van der Waals surface area contributed by atoms with Crippen LogP contribution in [0.15, 0.2) is 85.5 Å². The fraction of sp³-hybridized carbons (Fsp3) is 0.200. The second-order valence-electron chi connectivity index (χ2n) is 7.04. The number of hydrogen-bond donors (Lipinski definition) is 2. The number of carbonyl (C=O) groups is 2. The predicted octanol–water partition coefficient (Wildman–Crippen LogP) is 4.84. The van der Waals surface area contributed by atoms with Crippen molar-refractivity contribution in [3.63, 3.8) is 0 Å². The van der Waals surface area contributed by atoms with E-state index in [-0.39, 0.29) is 17.9 Å². The lowest BCUT2D eigenvalue weighted by Gasteiger charge is -2.23. The van der Waals surface area contributed by atoms with Crippen LogP contribution in [0.1, 0.15) is 43.0 Å². The normalized spacial score (nSPS) is 12.7. The van der Waals surface area contributed by atoms with Crippen LogP contribution in [0.25, 0.3) is 10.8 Å². The van der Waals surface area contributed by atoms with Gasteiger partial charge in [0.05, 0.1) is 6.04 Å². The van der Waals surface area contributed by atoms with Gasteiger partial charge in [0.1, 0.15) is 6.04 Å². The molecule has 0 aromatic heterocycles. The molecule has 2 atom stereocenters. The Labute approximate surface area is 171 Å². The zero-order chi connectivity index (χ0) is 20.6. The molecular weight excluding hydrogens is 360 g/mol. The molecule has 0 spiro atoms. The summed E-state index contributed by atoms with van der Waals surface area (Å²) < 4.78 is 0. The van der Waals surface area contributed by atoms with Crippen LogP contribution in [-0.4, -0.2) is 11.8 Å². The van der Waals surface area contributed by atoms with E-state index >= 15 is 0 Å². The van der Waals surface area contributed by atoms with E-state index in [0.717, 1.165) is 21.9 Å². The number of benzene rings is 3. The molecule has 4 heteroatoms. The number of nitrogens with one attached hydrogen (secondary N) is 2. The van der Waals surface area contributed by atoms with Crippen LogP contribution in [-0.2, 0) is 9.59 Å². The summed E-state index contributed by atoms with van der Waals surface area (Å²) >= 11 is 0. The zero-order valence-electron chi connectivity index (χ0n) is 16.6. The Bertz CT molecular complexity index is 993. The lowest BCUT2D eigenvalue weighted by molar-refractivity contribution is -0.129. The molecule has 2 unspecified atom stereocenters. The molecule has 2 N–H and O–H groups in total. The number of rotatable bonds is 8. The van der Waals surface area contributed by atoms with E-state index in [2.05, 4.69) is 35.4 Å². The Balaban J connectivity index is 1.81. The third kappa shape index (κ3) is 5.11. The molecule has 0 radical (unpaired) electrons. The van der Waals surface area contributed by atoms with Crippen molar-refractivity contribution >= 4 is 22.6 Å². The number of carbonyl (C=O) groups excluding carboxylic acids is 2. The van der Waals surface area contributed by atoms with E-state index in [1.165, 1.54) is 0 Å². The number of hydrogen-bond acceptors (Lipinski definition) is 2. The lowest BCUT2D eigenvalue weighted by atomic mass is 9.99. The first-order valence-corrected chi connectivity index (χ1v) is 9.83. The van der Waals surface area contributed by atoms with E-state index in [0.29, 0.717) is 12.8 Å². The van der Waals surface area contributed by atoms with Gasteiger partial charge in [-0.25, -0.2) is 0 Å². The highest BCUT2D eigenvalue weighted by Crippen LogP contribution is 2.25. The summed E-state index contributed by atoms with van der Waals surface area (Å²) in [6.07, 6.45) is 2.57. The first-order chi connectivity index (χ1) is 14.1. The molecule has 3 aromatic rings. The summed E-state index contributed by atoms with van der Waals surface area (Å²) in [6, 6.07) is 22.5. The maximum Gasteiger partial charge on any atom is 0.247 e. The zero-order valence-corrected chi connectivity index (χ0v) is 16.6. The van der Waals surface area contributed by atoms with Crippen molar-refractivity contribution in [2.75, 3.05) is 0 Å². The Morgan fingerprint density at radius 1 is 0.931 bits per heavy atom. The van der Waals surface area contributed by atoms with Gasteiger partial charge in [-0.2, -0.15) is 0 Å². The molecule has 0 aliphatic carbocycles. The molecule has 3 aromatic carbocycles. The van der Waals surface area contributed by atoms with Crippen LogP contribution in [0.5, 0.6) is 0 Å². The standard InChI is InChI=1S/C25H26N2O2/c1-3-4-17-23(28)27-24(20-12-6-5-7-13-20)25(29)26-18(2)21-16-10-14-19-11-8-9-15-22(19)21/h3,5-16,18,24H,1,4,17H2,2H3,(H,26,29)(H,27,28). The highest BCUT2D eigenvalue weighted by atomic mass is 16.2. The van der Waals surface area contributed by atoms with Gasteiger partial charge in [0.25, 0.3) is 0 Å². The average Bonchev–Trinajstić information content (AvgIpc) is 2.76. The van der Waals surface area contributed by atoms with Crippen LogP contribution in [0.2, 0.25) is 0 Å². The smallest absolute Gasteiger partial charge is 0.247 e. The van der Waals surface area contributed by atoms with Crippen molar-refractivity contribution < 1.29 is 9.59 Å². The summed E-state index contributed by atoms with van der Waals surface area (Å²) in [7, 11) is 0. The van der Waals surface area contributed by atoms with Gasteiger partial charge in [-0.15, -0.1) is 6.58 Å². The van der Waals surface area contributed by atoms with Crippen LogP contribution >= 0.6 is 0 Å². The molecule has 0 bridgehead atoms. The predicted molar refractivity (Wildman–Crippen MR) is 117 cm³/mol. The Morgan fingerprint density at radius 3 is 2.38 bits per heavy atom. The maximum atomic E-state index is 13.1. The van der Waals surface area contributed by atoms with Gasteiger partial charge in [-0.3, -0.25) is 9.59 Å². The molecular formula is C25H26N2O2. The molecule has 148 valence electrons. The first-order valence-electron chi connectivity index (χ1n) is 9.83. The summed E-state index contributed by atoms with van der Waals surface area (Å²) in [5, 5.41) is 8.17. The minimum atomic E-state index is -0.744. The average molecular weight is 386 g/mol. The summed E-state index contributed by atoms with van der Waals surface area (Å²) in [5.74, 6) is -0.407. The van der Waals surface area contributed by atoms with Gasteiger partial charge in [0.15, 0.2) is 0 Å². The highest BCUT2D eigenvalue weighted by Gasteiger charge is 2.24. The molecule has 2 amide bonds. The van der Waals surface area contributed by atoms with Crippen LogP contribution < -0.4 is 10.6 Å². The molecule has 3 rings (SSSR count). The summed E-state index contributed by atoms with van der Waals surface area (Å²) in [6.45, 7) is 5.60. The third-order valence-corrected chi connectivity index (χ3v) is 4.92. The van der Waals surface area contributed by atoms with E-state index in [1.807, 2.05) is 61.5 Å². The van der Waals surface area contributed by atoms with Crippen molar-refractivity contribution in [3.8, 4) is 0 Å². The van der Waals surface area contributed by atoms with E-state index < -0.39 is 6.04 Å². The highest BCUT2D eigenvalue weighted by molar-refractivity contribution is 5.90. The fourth-order valence-corrected chi connectivity index (χ4v) is 3.41. The van der Waals surface area contributed by atoms with Crippen LogP contribution in [0.4, 0.5) is 0 Å². The van der Waals surface area contributed by atoms with Crippen molar-refractivity contribution in [2.45, 2.75) is 31.8 Å². The second kappa shape index (κ2) is 9.69. The molecule has 0 fully saturated rings. The van der Waals surface area contributed by atoms with Crippen LogP contribution in [0.3, 0.4) is 0 Å². The van der Waals surface area contributed by atoms with E-state index in [9.17, 15) is 9.59 Å². The van der Waals surface area contributed by atoms with Gasteiger partial charge < -0.3 is 10.6 Å². The third-order valence-electron chi connectivity index (χ3n) is 4.92. The minimum Gasteiger partial charge on any atom is -0.347 e. The Morgan fingerprint density at radius 2 is 1.62 bits per heavy atom. The Kier molecular flexibility index (Phi) is 6.80. The molecule has 29 heavy (non-hydrogen) atoms. The summed E-state index contributed by atoms with van der Waals surface area (Å²) in [4.78, 5) is 25.4. The Hall–Kier alpha value is -3.40. The molecule has 0 aliphatic heterocycles. The molecule has 0 heterocycles. The van der Waals surface area contributed by atoms with Gasteiger partial charge in [-0.05, 0) is 35.2 Å². The van der Waals surface area contributed by atoms with Crippen molar-refractivity contribution in [2.24, 2.45) is 0 Å². The molecule has 4 nitrogen and oxygen atoms in total. The van der Waals surface area contributed by atoms with Crippen LogP contribution in [0, 0.1) is 0 Å². The van der Waals surface area contributed by atoms with Gasteiger partial charge in [0, 0.05) is 6.42 Å². The SMILES string of the molecule is C=CCCC(=O)NC(C(=O)NC(C)c1cccc2ccccc12)c1ccccc1. The van der Waals surface area contributed by atoms with Gasteiger partial charge >= 0.3 is 0 Å².